The number of hydrogen-bond acceptors (Lipinski definition) is 4. The SMILES string of the molecule is CCNc1nc(-c2ccn(C)n2)nc(C)c1C(C)C. The van der Waals surface area contributed by atoms with Crippen LogP contribution in [-0.2, 0) is 7.05 Å². The van der Waals surface area contributed by atoms with Gasteiger partial charge in [0, 0.05) is 31.0 Å². The second-order valence-corrected chi connectivity index (χ2v) is 4.95. The van der Waals surface area contributed by atoms with Crippen molar-refractivity contribution in [1.29, 1.82) is 0 Å². The van der Waals surface area contributed by atoms with Crippen molar-refractivity contribution in [2.24, 2.45) is 7.05 Å². The van der Waals surface area contributed by atoms with Crippen molar-refractivity contribution in [2.45, 2.75) is 33.6 Å². The van der Waals surface area contributed by atoms with E-state index in [0.29, 0.717) is 11.7 Å². The van der Waals surface area contributed by atoms with Crippen molar-refractivity contribution < 1.29 is 0 Å². The molecule has 2 aromatic rings. The average molecular weight is 259 g/mol. The van der Waals surface area contributed by atoms with E-state index in [1.807, 2.05) is 26.2 Å². The molecule has 0 aromatic carbocycles. The minimum atomic E-state index is 0.395. The van der Waals surface area contributed by atoms with Crippen molar-refractivity contribution in [3.05, 3.63) is 23.5 Å². The highest BCUT2D eigenvalue weighted by atomic mass is 15.3. The number of anilines is 1. The first-order valence-electron chi connectivity index (χ1n) is 6.65. The van der Waals surface area contributed by atoms with Gasteiger partial charge in [-0.1, -0.05) is 13.8 Å². The number of aryl methyl sites for hydroxylation is 2. The summed E-state index contributed by atoms with van der Waals surface area (Å²) in [6, 6.07) is 1.93. The van der Waals surface area contributed by atoms with Crippen LogP contribution in [0.4, 0.5) is 5.82 Å². The summed E-state index contributed by atoms with van der Waals surface area (Å²) in [6.07, 6.45) is 1.90. The molecule has 0 radical (unpaired) electrons. The molecule has 2 heterocycles. The predicted octanol–water partition coefficient (Wildman–Crippen LogP) is 2.74. The molecule has 0 amide bonds. The summed E-state index contributed by atoms with van der Waals surface area (Å²) in [7, 11) is 1.89. The minimum Gasteiger partial charge on any atom is -0.370 e. The summed E-state index contributed by atoms with van der Waals surface area (Å²) in [6.45, 7) is 9.27. The van der Waals surface area contributed by atoms with Crippen molar-refractivity contribution >= 4 is 5.82 Å². The van der Waals surface area contributed by atoms with Crippen LogP contribution >= 0.6 is 0 Å². The number of nitrogens with one attached hydrogen (secondary N) is 1. The van der Waals surface area contributed by atoms with Gasteiger partial charge in [0.25, 0.3) is 0 Å². The van der Waals surface area contributed by atoms with Crippen molar-refractivity contribution in [3.63, 3.8) is 0 Å². The zero-order chi connectivity index (χ0) is 14.0. The number of aromatic nitrogens is 4. The third-order valence-corrected chi connectivity index (χ3v) is 3.00. The lowest BCUT2D eigenvalue weighted by Gasteiger charge is -2.16. The predicted molar refractivity (Wildman–Crippen MR) is 77.2 cm³/mol. The molecule has 102 valence electrons. The normalized spacial score (nSPS) is 11.1. The van der Waals surface area contributed by atoms with Gasteiger partial charge in [0.1, 0.15) is 11.5 Å². The number of nitrogens with zero attached hydrogens (tertiary/aromatic N) is 4. The lowest BCUT2D eigenvalue weighted by atomic mass is 10.0. The fraction of sp³-hybridized carbons (Fsp3) is 0.500. The van der Waals surface area contributed by atoms with Gasteiger partial charge >= 0.3 is 0 Å². The maximum absolute atomic E-state index is 4.63. The summed E-state index contributed by atoms with van der Waals surface area (Å²) < 4.78 is 1.76. The molecule has 0 aliphatic carbocycles. The van der Waals surface area contributed by atoms with Crippen LogP contribution in [0, 0.1) is 6.92 Å². The lowest BCUT2D eigenvalue weighted by Crippen LogP contribution is -2.09. The molecule has 0 saturated heterocycles. The van der Waals surface area contributed by atoms with Gasteiger partial charge in [0.05, 0.1) is 0 Å². The Labute approximate surface area is 114 Å². The van der Waals surface area contributed by atoms with Crippen LogP contribution in [0.15, 0.2) is 12.3 Å². The van der Waals surface area contributed by atoms with E-state index < -0.39 is 0 Å². The van der Waals surface area contributed by atoms with E-state index in [-0.39, 0.29) is 0 Å². The fourth-order valence-corrected chi connectivity index (χ4v) is 2.22. The van der Waals surface area contributed by atoms with E-state index in [1.54, 1.807) is 4.68 Å². The summed E-state index contributed by atoms with van der Waals surface area (Å²) in [5.41, 5.74) is 3.00. The molecule has 1 N–H and O–H groups in total. The van der Waals surface area contributed by atoms with Gasteiger partial charge in [-0.15, -0.1) is 0 Å². The molecular formula is C14H21N5. The van der Waals surface area contributed by atoms with Crippen LogP contribution < -0.4 is 5.32 Å². The Kier molecular flexibility index (Phi) is 3.83. The highest BCUT2D eigenvalue weighted by molar-refractivity contribution is 5.57. The first kappa shape index (κ1) is 13.5. The standard InChI is InChI=1S/C14H21N5/c1-6-15-14-12(9(2)3)10(4)16-13(17-14)11-7-8-19(5)18-11/h7-9H,6H2,1-5H3,(H,15,16,17). The van der Waals surface area contributed by atoms with Crippen molar-refractivity contribution in [2.75, 3.05) is 11.9 Å². The average Bonchev–Trinajstić information content (AvgIpc) is 2.75. The summed E-state index contributed by atoms with van der Waals surface area (Å²) >= 11 is 0. The Hall–Kier alpha value is -1.91. The minimum absolute atomic E-state index is 0.395. The molecule has 5 nitrogen and oxygen atoms in total. The van der Waals surface area contributed by atoms with E-state index in [0.717, 1.165) is 23.8 Å². The maximum atomic E-state index is 4.63. The molecule has 19 heavy (non-hydrogen) atoms. The Morgan fingerprint density at radius 2 is 2.05 bits per heavy atom. The molecule has 5 heteroatoms. The zero-order valence-electron chi connectivity index (χ0n) is 12.2. The van der Waals surface area contributed by atoms with Gasteiger partial charge in [-0.3, -0.25) is 4.68 Å². The van der Waals surface area contributed by atoms with Crippen LogP contribution in [0.25, 0.3) is 11.5 Å². The summed E-state index contributed by atoms with van der Waals surface area (Å²) in [5, 5.41) is 7.69. The third-order valence-electron chi connectivity index (χ3n) is 3.00. The molecule has 0 aliphatic heterocycles. The monoisotopic (exact) mass is 259 g/mol. The molecule has 0 spiro atoms. The highest BCUT2D eigenvalue weighted by Crippen LogP contribution is 2.27. The lowest BCUT2D eigenvalue weighted by molar-refractivity contribution is 0.767. The van der Waals surface area contributed by atoms with Gasteiger partial charge < -0.3 is 5.32 Å². The Bertz CT molecular complexity index is 571. The fourth-order valence-electron chi connectivity index (χ4n) is 2.22. The van der Waals surface area contributed by atoms with Crippen LogP contribution in [-0.4, -0.2) is 26.3 Å². The first-order valence-corrected chi connectivity index (χ1v) is 6.65. The molecule has 2 aromatic heterocycles. The van der Waals surface area contributed by atoms with E-state index in [9.17, 15) is 0 Å². The van der Waals surface area contributed by atoms with Gasteiger partial charge in [0.2, 0.25) is 0 Å². The molecule has 0 unspecified atom stereocenters. The molecule has 0 bridgehead atoms. The van der Waals surface area contributed by atoms with Gasteiger partial charge in [-0.05, 0) is 25.8 Å². The first-order chi connectivity index (χ1) is 9.02. The quantitative estimate of drug-likeness (QED) is 0.917. The largest absolute Gasteiger partial charge is 0.370 e. The molecular weight excluding hydrogens is 238 g/mol. The van der Waals surface area contributed by atoms with Gasteiger partial charge in [0.15, 0.2) is 5.82 Å². The Morgan fingerprint density at radius 3 is 2.58 bits per heavy atom. The molecule has 2 rings (SSSR count). The van der Waals surface area contributed by atoms with Crippen LogP contribution in [0.2, 0.25) is 0 Å². The molecule has 0 aliphatic rings. The highest BCUT2D eigenvalue weighted by Gasteiger charge is 2.16. The van der Waals surface area contributed by atoms with Crippen LogP contribution in [0.3, 0.4) is 0 Å². The molecule has 0 saturated carbocycles. The smallest absolute Gasteiger partial charge is 0.182 e. The molecule has 0 atom stereocenters. The third kappa shape index (κ3) is 2.75. The van der Waals surface area contributed by atoms with Gasteiger partial charge in [-0.25, -0.2) is 9.97 Å². The number of rotatable bonds is 4. The summed E-state index contributed by atoms with van der Waals surface area (Å²) in [4.78, 5) is 9.22. The summed E-state index contributed by atoms with van der Waals surface area (Å²) in [5.74, 6) is 2.00. The second kappa shape index (κ2) is 5.38. The second-order valence-electron chi connectivity index (χ2n) is 4.95. The molecule has 0 fully saturated rings. The Morgan fingerprint density at radius 1 is 1.32 bits per heavy atom. The van der Waals surface area contributed by atoms with Crippen molar-refractivity contribution in [1.82, 2.24) is 19.7 Å². The van der Waals surface area contributed by atoms with Crippen LogP contribution in [0.5, 0.6) is 0 Å². The van der Waals surface area contributed by atoms with E-state index in [4.69, 9.17) is 0 Å². The van der Waals surface area contributed by atoms with E-state index in [2.05, 4.69) is 41.2 Å². The zero-order valence-corrected chi connectivity index (χ0v) is 12.2. The maximum Gasteiger partial charge on any atom is 0.182 e. The van der Waals surface area contributed by atoms with E-state index in [1.165, 1.54) is 5.56 Å². The Balaban J connectivity index is 2.53. The van der Waals surface area contributed by atoms with Gasteiger partial charge in [-0.2, -0.15) is 5.10 Å². The topological polar surface area (TPSA) is 55.6 Å². The number of hydrogen-bond donors (Lipinski definition) is 1. The van der Waals surface area contributed by atoms with Crippen LogP contribution in [0.1, 0.15) is 37.9 Å². The van der Waals surface area contributed by atoms with E-state index >= 15 is 0 Å². The van der Waals surface area contributed by atoms with Crippen molar-refractivity contribution in [3.8, 4) is 11.5 Å².